The Morgan fingerprint density at radius 1 is 1.29 bits per heavy atom. The number of hydrogen-bond acceptors (Lipinski definition) is 1. The highest BCUT2D eigenvalue weighted by molar-refractivity contribution is 5.68. The molecule has 1 aromatic carbocycles. The van der Waals surface area contributed by atoms with Gasteiger partial charge >= 0.3 is 0 Å². The Balaban J connectivity index is 3.12. The van der Waals surface area contributed by atoms with Gasteiger partial charge < -0.3 is 4.79 Å². The summed E-state index contributed by atoms with van der Waals surface area (Å²) in [6, 6.07) is 8.21. The van der Waals surface area contributed by atoms with E-state index in [9.17, 15) is 4.79 Å². The van der Waals surface area contributed by atoms with Crippen molar-refractivity contribution in [3.05, 3.63) is 35.4 Å². The monoisotopic (exact) mass is 190 g/mol. The first kappa shape index (κ1) is 11.0. The van der Waals surface area contributed by atoms with E-state index in [2.05, 4.69) is 19.1 Å². The molecule has 0 atom stereocenters. The van der Waals surface area contributed by atoms with Gasteiger partial charge in [-0.1, -0.05) is 37.6 Å². The summed E-state index contributed by atoms with van der Waals surface area (Å²) in [5.41, 5.74) is 2.11. The van der Waals surface area contributed by atoms with Crippen LogP contribution in [0.15, 0.2) is 24.3 Å². The summed E-state index contributed by atoms with van der Waals surface area (Å²) in [4.78, 5) is 11.0. The highest BCUT2D eigenvalue weighted by atomic mass is 16.1. The lowest BCUT2D eigenvalue weighted by atomic mass is 9.82. The van der Waals surface area contributed by atoms with Crippen LogP contribution in [0.5, 0.6) is 0 Å². The zero-order valence-electron chi connectivity index (χ0n) is 9.21. The Bertz CT molecular complexity index is 313. The molecule has 0 N–H and O–H groups in total. The predicted molar refractivity (Wildman–Crippen MR) is 59.5 cm³/mol. The smallest absolute Gasteiger partial charge is 0.129 e. The predicted octanol–water partition coefficient (Wildman–Crippen LogP) is 3.12. The molecule has 0 aliphatic carbocycles. The maximum absolute atomic E-state index is 11.0. The SMILES string of the molecule is CCCc1ccccc1C(C)(C)C=O. The summed E-state index contributed by atoms with van der Waals surface area (Å²) in [5.74, 6) is 0. The van der Waals surface area contributed by atoms with Gasteiger partial charge in [-0.2, -0.15) is 0 Å². The van der Waals surface area contributed by atoms with Crippen LogP contribution in [0, 0.1) is 0 Å². The molecule has 0 fully saturated rings. The van der Waals surface area contributed by atoms with Crippen molar-refractivity contribution < 1.29 is 4.79 Å². The zero-order chi connectivity index (χ0) is 10.6. The van der Waals surface area contributed by atoms with E-state index in [0.717, 1.165) is 24.7 Å². The first-order valence-corrected chi connectivity index (χ1v) is 5.16. The number of benzene rings is 1. The molecule has 0 heterocycles. The average molecular weight is 190 g/mol. The van der Waals surface area contributed by atoms with E-state index < -0.39 is 0 Å². The molecule has 0 radical (unpaired) electrons. The van der Waals surface area contributed by atoms with E-state index >= 15 is 0 Å². The normalized spacial score (nSPS) is 11.4. The molecule has 0 amide bonds. The summed E-state index contributed by atoms with van der Waals surface area (Å²) >= 11 is 0. The van der Waals surface area contributed by atoms with Crippen LogP contribution < -0.4 is 0 Å². The number of hydrogen-bond donors (Lipinski definition) is 0. The van der Waals surface area contributed by atoms with Gasteiger partial charge in [0.15, 0.2) is 0 Å². The van der Waals surface area contributed by atoms with Crippen LogP contribution >= 0.6 is 0 Å². The molecule has 0 spiro atoms. The Labute approximate surface area is 86.1 Å². The quantitative estimate of drug-likeness (QED) is 0.667. The maximum atomic E-state index is 11.0. The third-order valence-corrected chi connectivity index (χ3v) is 2.53. The summed E-state index contributed by atoms with van der Waals surface area (Å²) in [6.45, 7) is 6.09. The van der Waals surface area contributed by atoms with Crippen molar-refractivity contribution in [2.75, 3.05) is 0 Å². The standard InChI is InChI=1S/C13H18O/c1-4-7-11-8-5-6-9-12(11)13(2,3)10-14/h5-6,8-10H,4,7H2,1-3H3. The molecule has 0 aromatic heterocycles. The molecule has 0 saturated heterocycles. The van der Waals surface area contributed by atoms with Gasteiger partial charge in [-0.05, 0) is 31.4 Å². The van der Waals surface area contributed by atoms with Crippen molar-refractivity contribution in [3.8, 4) is 0 Å². The Hall–Kier alpha value is -1.11. The maximum Gasteiger partial charge on any atom is 0.129 e. The van der Waals surface area contributed by atoms with Crippen molar-refractivity contribution in [1.29, 1.82) is 0 Å². The van der Waals surface area contributed by atoms with Crippen LogP contribution in [0.2, 0.25) is 0 Å². The van der Waals surface area contributed by atoms with E-state index in [1.807, 2.05) is 26.0 Å². The molecule has 1 heteroatoms. The van der Waals surface area contributed by atoms with E-state index in [0.29, 0.717) is 0 Å². The molecule has 1 aromatic rings. The highest BCUT2D eigenvalue weighted by Gasteiger charge is 2.21. The van der Waals surface area contributed by atoms with Crippen molar-refractivity contribution in [2.45, 2.75) is 39.0 Å². The summed E-state index contributed by atoms with van der Waals surface area (Å²) < 4.78 is 0. The summed E-state index contributed by atoms with van der Waals surface area (Å²) in [6.07, 6.45) is 3.20. The lowest BCUT2D eigenvalue weighted by Gasteiger charge is -2.21. The van der Waals surface area contributed by atoms with Gasteiger partial charge in [0.2, 0.25) is 0 Å². The summed E-state index contributed by atoms with van der Waals surface area (Å²) in [5, 5.41) is 0. The third kappa shape index (κ3) is 2.22. The first-order valence-electron chi connectivity index (χ1n) is 5.16. The van der Waals surface area contributed by atoms with Crippen molar-refractivity contribution in [2.24, 2.45) is 0 Å². The van der Waals surface area contributed by atoms with E-state index in [-0.39, 0.29) is 5.41 Å². The van der Waals surface area contributed by atoms with E-state index in [1.54, 1.807) is 0 Å². The topological polar surface area (TPSA) is 17.1 Å². The van der Waals surface area contributed by atoms with Gasteiger partial charge in [0.1, 0.15) is 6.29 Å². The van der Waals surface area contributed by atoms with Crippen molar-refractivity contribution >= 4 is 6.29 Å². The molecule has 1 rings (SSSR count). The molecule has 0 aliphatic heterocycles. The minimum atomic E-state index is -0.355. The minimum Gasteiger partial charge on any atom is -0.302 e. The van der Waals surface area contributed by atoms with E-state index in [4.69, 9.17) is 0 Å². The fraction of sp³-hybridized carbons (Fsp3) is 0.462. The number of rotatable bonds is 4. The molecule has 0 bridgehead atoms. The molecule has 0 aliphatic rings. The molecule has 76 valence electrons. The molecule has 0 unspecified atom stereocenters. The van der Waals surface area contributed by atoms with Gasteiger partial charge in [0.05, 0.1) is 0 Å². The number of carbonyl (C=O) groups is 1. The lowest BCUT2D eigenvalue weighted by Crippen LogP contribution is -2.20. The molecular formula is C13H18O. The molecule has 1 nitrogen and oxygen atoms in total. The van der Waals surface area contributed by atoms with Gasteiger partial charge in [-0.3, -0.25) is 0 Å². The van der Waals surface area contributed by atoms with Crippen LogP contribution in [0.1, 0.15) is 38.3 Å². The third-order valence-electron chi connectivity index (χ3n) is 2.53. The minimum absolute atomic E-state index is 0.355. The largest absolute Gasteiger partial charge is 0.302 e. The van der Waals surface area contributed by atoms with E-state index in [1.165, 1.54) is 5.56 Å². The number of aldehydes is 1. The zero-order valence-corrected chi connectivity index (χ0v) is 9.21. The number of aryl methyl sites for hydroxylation is 1. The highest BCUT2D eigenvalue weighted by Crippen LogP contribution is 2.25. The van der Waals surface area contributed by atoms with Crippen molar-refractivity contribution in [3.63, 3.8) is 0 Å². The number of carbonyl (C=O) groups excluding carboxylic acids is 1. The molecule has 0 saturated carbocycles. The van der Waals surface area contributed by atoms with Crippen LogP contribution in [0.25, 0.3) is 0 Å². The Morgan fingerprint density at radius 3 is 2.50 bits per heavy atom. The fourth-order valence-electron chi connectivity index (χ4n) is 1.70. The Kier molecular flexibility index (Phi) is 3.45. The van der Waals surface area contributed by atoms with Gasteiger partial charge in [-0.25, -0.2) is 0 Å². The second-order valence-electron chi connectivity index (χ2n) is 4.25. The van der Waals surface area contributed by atoms with Crippen LogP contribution in [-0.4, -0.2) is 6.29 Å². The van der Waals surface area contributed by atoms with Gasteiger partial charge in [0, 0.05) is 5.41 Å². The Morgan fingerprint density at radius 2 is 1.93 bits per heavy atom. The second-order valence-corrected chi connectivity index (χ2v) is 4.25. The van der Waals surface area contributed by atoms with Crippen molar-refractivity contribution in [1.82, 2.24) is 0 Å². The van der Waals surface area contributed by atoms with Crippen LogP contribution in [0.4, 0.5) is 0 Å². The second kappa shape index (κ2) is 4.41. The summed E-state index contributed by atoms with van der Waals surface area (Å²) in [7, 11) is 0. The van der Waals surface area contributed by atoms with Crippen LogP contribution in [0.3, 0.4) is 0 Å². The molecular weight excluding hydrogens is 172 g/mol. The molecule has 14 heavy (non-hydrogen) atoms. The lowest BCUT2D eigenvalue weighted by molar-refractivity contribution is -0.111. The van der Waals surface area contributed by atoms with Gasteiger partial charge in [0.25, 0.3) is 0 Å². The average Bonchev–Trinajstić information content (AvgIpc) is 2.19. The van der Waals surface area contributed by atoms with Crippen LogP contribution in [-0.2, 0) is 16.6 Å². The first-order chi connectivity index (χ1) is 6.61. The fourth-order valence-corrected chi connectivity index (χ4v) is 1.70. The van der Waals surface area contributed by atoms with Gasteiger partial charge in [-0.15, -0.1) is 0 Å².